The molecular weight excluding hydrogens is 296 g/mol. The first-order valence-corrected chi connectivity index (χ1v) is 9.21. The van der Waals surface area contributed by atoms with Crippen molar-refractivity contribution in [1.82, 2.24) is 5.32 Å². The van der Waals surface area contributed by atoms with Crippen LogP contribution in [0.4, 0.5) is 5.69 Å². The van der Waals surface area contributed by atoms with E-state index in [0.717, 1.165) is 31.9 Å². The molecule has 2 aliphatic rings. The normalized spacial score (nSPS) is 22.2. The second-order valence-electron chi connectivity index (χ2n) is 6.80. The second kappa shape index (κ2) is 6.86. The molecule has 3 nitrogen and oxygen atoms in total. The summed E-state index contributed by atoms with van der Waals surface area (Å²) >= 11 is 0. The van der Waals surface area contributed by atoms with Crippen molar-refractivity contribution >= 4 is 5.69 Å². The lowest BCUT2D eigenvalue weighted by molar-refractivity contribution is 0.318. The van der Waals surface area contributed by atoms with E-state index in [0.29, 0.717) is 12.0 Å². The molecule has 2 N–H and O–H groups in total. The topological polar surface area (TPSA) is 33.3 Å². The van der Waals surface area contributed by atoms with Crippen LogP contribution in [0, 0.1) is 0 Å². The maximum Gasteiger partial charge on any atom is 0.127 e. The van der Waals surface area contributed by atoms with Gasteiger partial charge in [0.1, 0.15) is 5.75 Å². The van der Waals surface area contributed by atoms with Gasteiger partial charge in [0.05, 0.1) is 6.61 Å². The number of hydrogen-bond donors (Lipinski definition) is 2. The highest BCUT2D eigenvalue weighted by molar-refractivity contribution is 5.81. The number of rotatable bonds is 4. The van der Waals surface area contributed by atoms with E-state index in [2.05, 4.69) is 60.0 Å². The molecule has 0 radical (unpaired) electrons. The molecule has 0 saturated carbocycles. The Bertz CT molecular complexity index is 713. The molecule has 2 atom stereocenters. The summed E-state index contributed by atoms with van der Waals surface area (Å²) in [7, 11) is 0. The summed E-state index contributed by atoms with van der Waals surface area (Å²) in [5.41, 5.74) is 5.36. The molecule has 3 heteroatoms. The molecular formula is C21H26N2O. The van der Waals surface area contributed by atoms with Gasteiger partial charge in [-0.15, -0.1) is 0 Å². The van der Waals surface area contributed by atoms with Crippen molar-refractivity contribution in [3.63, 3.8) is 0 Å². The van der Waals surface area contributed by atoms with E-state index in [1.807, 2.05) is 0 Å². The van der Waals surface area contributed by atoms with Crippen molar-refractivity contribution in [1.29, 1.82) is 0 Å². The van der Waals surface area contributed by atoms with Crippen LogP contribution in [-0.4, -0.2) is 25.7 Å². The van der Waals surface area contributed by atoms with E-state index in [1.165, 1.54) is 35.2 Å². The maximum atomic E-state index is 6.03. The molecule has 2 aromatic carbocycles. The number of para-hydroxylation sites is 1. The molecule has 0 aromatic heterocycles. The summed E-state index contributed by atoms with van der Waals surface area (Å²) < 4.78 is 6.03. The van der Waals surface area contributed by atoms with Gasteiger partial charge in [-0.05, 0) is 55.6 Å². The van der Waals surface area contributed by atoms with Gasteiger partial charge in [0.25, 0.3) is 0 Å². The van der Waals surface area contributed by atoms with Gasteiger partial charge in [0.2, 0.25) is 0 Å². The largest absolute Gasteiger partial charge is 0.493 e. The van der Waals surface area contributed by atoms with Crippen LogP contribution in [0.3, 0.4) is 0 Å². The highest BCUT2D eigenvalue weighted by Gasteiger charge is 2.35. The van der Waals surface area contributed by atoms with E-state index in [4.69, 9.17) is 4.74 Å². The molecule has 2 heterocycles. The molecule has 0 unspecified atom stereocenters. The summed E-state index contributed by atoms with van der Waals surface area (Å²) in [6.45, 7) is 5.12. The molecule has 0 aliphatic carbocycles. The zero-order chi connectivity index (χ0) is 16.4. The van der Waals surface area contributed by atoms with Crippen molar-refractivity contribution < 1.29 is 4.74 Å². The van der Waals surface area contributed by atoms with Gasteiger partial charge in [-0.3, -0.25) is 0 Å². The number of anilines is 1. The van der Waals surface area contributed by atoms with Gasteiger partial charge < -0.3 is 15.4 Å². The minimum Gasteiger partial charge on any atom is -0.493 e. The Morgan fingerprint density at radius 2 is 1.83 bits per heavy atom. The molecule has 126 valence electrons. The van der Waals surface area contributed by atoms with Gasteiger partial charge in [-0.1, -0.05) is 37.3 Å². The van der Waals surface area contributed by atoms with Gasteiger partial charge in [-0.2, -0.15) is 0 Å². The molecule has 0 bridgehead atoms. The smallest absolute Gasteiger partial charge is 0.127 e. The number of benzene rings is 2. The Labute approximate surface area is 144 Å². The van der Waals surface area contributed by atoms with Gasteiger partial charge in [0, 0.05) is 23.2 Å². The first-order chi connectivity index (χ1) is 11.9. The molecule has 2 aliphatic heterocycles. The summed E-state index contributed by atoms with van der Waals surface area (Å²) in [6.07, 6.45) is 3.41. The Morgan fingerprint density at radius 1 is 1.00 bits per heavy atom. The minimum atomic E-state index is 0.555. The zero-order valence-corrected chi connectivity index (χ0v) is 14.3. The SMILES string of the molecule is CCCOc1ccccc1-c1cccc2c1[C@H]1CCNCC[C@H]1N2. The predicted molar refractivity (Wildman–Crippen MR) is 99.9 cm³/mol. The van der Waals surface area contributed by atoms with Crippen LogP contribution in [0.2, 0.25) is 0 Å². The molecule has 0 spiro atoms. The quantitative estimate of drug-likeness (QED) is 0.875. The molecule has 1 fully saturated rings. The fraction of sp³-hybridized carbons (Fsp3) is 0.429. The van der Waals surface area contributed by atoms with Crippen molar-refractivity contribution in [3.05, 3.63) is 48.0 Å². The Hall–Kier alpha value is -2.00. The Kier molecular flexibility index (Phi) is 4.44. The van der Waals surface area contributed by atoms with E-state index in [9.17, 15) is 0 Å². The van der Waals surface area contributed by atoms with Crippen LogP contribution < -0.4 is 15.4 Å². The minimum absolute atomic E-state index is 0.555. The van der Waals surface area contributed by atoms with Gasteiger partial charge in [0.15, 0.2) is 0 Å². The second-order valence-corrected chi connectivity index (χ2v) is 6.80. The molecule has 4 rings (SSSR count). The third-order valence-corrected chi connectivity index (χ3v) is 5.21. The standard InChI is InChI=1S/C21H26N2O/c1-2-14-24-20-9-4-3-6-15(20)16-7-5-8-19-21(16)17-10-12-22-13-11-18(17)23-19/h3-9,17-18,22-23H,2,10-14H2,1H3/t17-,18+/m0/s1. The van der Waals surface area contributed by atoms with Crippen molar-refractivity contribution in [3.8, 4) is 16.9 Å². The van der Waals surface area contributed by atoms with Crippen molar-refractivity contribution in [2.45, 2.75) is 38.1 Å². The fourth-order valence-electron chi connectivity index (χ4n) is 4.11. The third kappa shape index (κ3) is 2.78. The van der Waals surface area contributed by atoms with Crippen LogP contribution in [-0.2, 0) is 0 Å². The lowest BCUT2D eigenvalue weighted by Gasteiger charge is -2.19. The van der Waals surface area contributed by atoms with E-state index in [1.54, 1.807) is 0 Å². The van der Waals surface area contributed by atoms with Crippen LogP contribution in [0.15, 0.2) is 42.5 Å². The number of ether oxygens (including phenoxy) is 1. The lowest BCUT2D eigenvalue weighted by Crippen LogP contribution is -2.21. The van der Waals surface area contributed by atoms with E-state index in [-0.39, 0.29) is 0 Å². The van der Waals surface area contributed by atoms with Crippen molar-refractivity contribution in [2.24, 2.45) is 0 Å². The Morgan fingerprint density at radius 3 is 2.75 bits per heavy atom. The fourth-order valence-corrected chi connectivity index (χ4v) is 4.11. The monoisotopic (exact) mass is 322 g/mol. The van der Waals surface area contributed by atoms with E-state index >= 15 is 0 Å². The van der Waals surface area contributed by atoms with Crippen LogP contribution in [0.5, 0.6) is 5.75 Å². The first kappa shape index (κ1) is 15.5. The number of hydrogen-bond acceptors (Lipinski definition) is 3. The highest BCUT2D eigenvalue weighted by atomic mass is 16.5. The van der Waals surface area contributed by atoms with Crippen molar-refractivity contribution in [2.75, 3.05) is 25.0 Å². The average Bonchev–Trinajstić information content (AvgIpc) is 2.82. The molecule has 0 amide bonds. The third-order valence-electron chi connectivity index (χ3n) is 5.21. The average molecular weight is 322 g/mol. The van der Waals surface area contributed by atoms with Crippen LogP contribution in [0.25, 0.3) is 11.1 Å². The van der Waals surface area contributed by atoms with Crippen LogP contribution >= 0.6 is 0 Å². The maximum absolute atomic E-state index is 6.03. The lowest BCUT2D eigenvalue weighted by atomic mass is 9.85. The number of fused-ring (bicyclic) bond motifs is 3. The van der Waals surface area contributed by atoms with E-state index < -0.39 is 0 Å². The number of nitrogens with one attached hydrogen (secondary N) is 2. The van der Waals surface area contributed by atoms with Crippen LogP contribution in [0.1, 0.15) is 37.7 Å². The molecule has 2 aromatic rings. The summed E-state index contributed by atoms with van der Waals surface area (Å²) in [4.78, 5) is 0. The summed E-state index contributed by atoms with van der Waals surface area (Å²) in [5, 5.41) is 7.31. The first-order valence-electron chi connectivity index (χ1n) is 9.21. The Balaban J connectivity index is 1.78. The zero-order valence-electron chi connectivity index (χ0n) is 14.3. The predicted octanol–water partition coefficient (Wildman–Crippen LogP) is 4.40. The van der Waals surface area contributed by atoms with Gasteiger partial charge in [-0.25, -0.2) is 0 Å². The van der Waals surface area contributed by atoms with Gasteiger partial charge >= 0.3 is 0 Å². The summed E-state index contributed by atoms with van der Waals surface area (Å²) in [6, 6.07) is 15.7. The summed E-state index contributed by atoms with van der Waals surface area (Å²) in [5.74, 6) is 1.59. The highest BCUT2D eigenvalue weighted by Crippen LogP contribution is 2.46. The molecule has 1 saturated heterocycles. The molecule has 24 heavy (non-hydrogen) atoms.